The van der Waals surface area contributed by atoms with Crippen LogP contribution in [0.3, 0.4) is 0 Å². The van der Waals surface area contributed by atoms with Crippen LogP contribution in [0, 0.1) is 18.8 Å². The van der Waals surface area contributed by atoms with Crippen molar-refractivity contribution in [2.75, 3.05) is 5.88 Å². The maximum Gasteiger partial charge on any atom is 0.0254 e. The first-order valence-electron chi connectivity index (χ1n) is 3.14. The van der Waals surface area contributed by atoms with E-state index in [2.05, 4.69) is 12.8 Å². The van der Waals surface area contributed by atoms with Gasteiger partial charge in [0.15, 0.2) is 0 Å². The van der Waals surface area contributed by atoms with Gasteiger partial charge in [0, 0.05) is 5.88 Å². The molecule has 1 atom stereocenters. The molecule has 46 valence electrons. The van der Waals surface area contributed by atoms with E-state index in [9.17, 15) is 0 Å². The zero-order valence-electron chi connectivity index (χ0n) is 4.94. The Morgan fingerprint density at radius 2 is 2.38 bits per heavy atom. The van der Waals surface area contributed by atoms with Crippen LogP contribution in [0.5, 0.6) is 0 Å². The summed E-state index contributed by atoms with van der Waals surface area (Å²) in [5, 5.41) is 0. The molecule has 1 heteroatoms. The van der Waals surface area contributed by atoms with Crippen molar-refractivity contribution < 1.29 is 0 Å². The normalized spacial score (nSPS) is 23.6. The Hall–Kier alpha value is 0.290. The van der Waals surface area contributed by atoms with Crippen LogP contribution >= 0.6 is 11.6 Å². The molecule has 8 heavy (non-hydrogen) atoms. The van der Waals surface area contributed by atoms with Gasteiger partial charge in [-0.1, -0.05) is 0 Å². The van der Waals surface area contributed by atoms with E-state index in [1.165, 1.54) is 19.3 Å². The molecule has 0 heterocycles. The molecule has 1 saturated carbocycles. The fourth-order valence-corrected chi connectivity index (χ4v) is 1.26. The summed E-state index contributed by atoms with van der Waals surface area (Å²) < 4.78 is 0. The van der Waals surface area contributed by atoms with E-state index in [0.29, 0.717) is 5.92 Å². The molecule has 0 spiro atoms. The zero-order chi connectivity index (χ0) is 5.82. The highest BCUT2D eigenvalue weighted by atomic mass is 35.5. The molecule has 0 nitrogen and oxygen atoms in total. The molecule has 0 amide bonds. The SMILES string of the molecule is ClCC1[CH]CC[CH]C1. The predicted molar refractivity (Wildman–Crippen MR) is 36.7 cm³/mol. The number of hydrogen-bond acceptors (Lipinski definition) is 0. The number of alkyl halides is 1. The Morgan fingerprint density at radius 3 is 2.75 bits per heavy atom. The molecule has 0 saturated heterocycles. The van der Waals surface area contributed by atoms with Crippen molar-refractivity contribution in [2.24, 2.45) is 5.92 Å². The van der Waals surface area contributed by atoms with Gasteiger partial charge in [-0.25, -0.2) is 0 Å². The lowest BCUT2D eigenvalue weighted by Gasteiger charge is -2.17. The highest BCUT2D eigenvalue weighted by Crippen LogP contribution is 2.22. The average molecular weight is 131 g/mol. The summed E-state index contributed by atoms with van der Waals surface area (Å²) in [5.74, 6) is 1.47. The Bertz CT molecular complexity index is 55.4. The topological polar surface area (TPSA) is 0 Å². The molecule has 0 aliphatic heterocycles. The quantitative estimate of drug-likeness (QED) is 0.479. The van der Waals surface area contributed by atoms with Gasteiger partial charge in [-0.3, -0.25) is 0 Å². The van der Waals surface area contributed by atoms with Gasteiger partial charge in [0.2, 0.25) is 0 Å². The summed E-state index contributed by atoms with van der Waals surface area (Å²) in [4.78, 5) is 0. The van der Waals surface area contributed by atoms with Gasteiger partial charge in [0.25, 0.3) is 0 Å². The van der Waals surface area contributed by atoms with Gasteiger partial charge in [0.05, 0.1) is 0 Å². The fraction of sp³-hybridized carbons (Fsp3) is 0.714. The second kappa shape index (κ2) is 3.34. The van der Waals surface area contributed by atoms with Gasteiger partial charge in [-0.05, 0) is 38.0 Å². The molecule has 0 bridgehead atoms. The van der Waals surface area contributed by atoms with Crippen molar-refractivity contribution >= 4 is 11.6 Å². The lowest BCUT2D eigenvalue weighted by molar-refractivity contribution is 0.564. The van der Waals surface area contributed by atoms with E-state index in [1.807, 2.05) is 0 Å². The summed E-state index contributed by atoms with van der Waals surface area (Å²) in [6.07, 6.45) is 8.34. The highest BCUT2D eigenvalue weighted by molar-refractivity contribution is 6.18. The molecule has 1 rings (SSSR count). The van der Waals surface area contributed by atoms with Crippen LogP contribution in [-0.4, -0.2) is 5.88 Å². The molecule has 0 aromatic carbocycles. The van der Waals surface area contributed by atoms with E-state index in [1.54, 1.807) is 0 Å². The summed E-state index contributed by atoms with van der Waals surface area (Å²) in [7, 11) is 0. The second-order valence-electron chi connectivity index (χ2n) is 2.25. The number of rotatable bonds is 1. The molecule has 1 aliphatic rings. The van der Waals surface area contributed by atoms with Crippen LogP contribution in [0.25, 0.3) is 0 Å². The van der Waals surface area contributed by atoms with Crippen LogP contribution in [0.4, 0.5) is 0 Å². The molecule has 0 aromatic rings. The summed E-state index contributed by atoms with van der Waals surface area (Å²) in [5.41, 5.74) is 0. The first kappa shape index (κ1) is 6.41. The largest absolute Gasteiger partial charge is 0.126 e. The standard InChI is InChI=1S/C7H11Cl/c8-6-7-4-2-1-3-5-7/h2,5,7H,1,3-4,6H2. The molecular formula is C7H11Cl. The molecule has 2 radical (unpaired) electrons. The van der Waals surface area contributed by atoms with E-state index in [4.69, 9.17) is 11.6 Å². The minimum Gasteiger partial charge on any atom is -0.126 e. The van der Waals surface area contributed by atoms with Crippen LogP contribution in [0.1, 0.15) is 19.3 Å². The monoisotopic (exact) mass is 130 g/mol. The Kier molecular flexibility index (Phi) is 2.68. The molecule has 0 aromatic heterocycles. The van der Waals surface area contributed by atoms with Crippen LogP contribution in [0.15, 0.2) is 0 Å². The minimum atomic E-state index is 0.672. The summed E-state index contributed by atoms with van der Waals surface area (Å²) in [6, 6.07) is 0. The van der Waals surface area contributed by atoms with Crippen molar-refractivity contribution in [1.82, 2.24) is 0 Å². The predicted octanol–water partition coefficient (Wildman–Crippen LogP) is 2.43. The van der Waals surface area contributed by atoms with Crippen molar-refractivity contribution in [2.45, 2.75) is 19.3 Å². The minimum absolute atomic E-state index is 0.672. The highest BCUT2D eigenvalue weighted by Gasteiger charge is 2.11. The molecule has 0 N–H and O–H groups in total. The average Bonchev–Trinajstić information content (AvgIpc) is 1.90. The zero-order valence-corrected chi connectivity index (χ0v) is 5.69. The Labute approximate surface area is 56.2 Å². The maximum absolute atomic E-state index is 5.63. The molecule has 1 aliphatic carbocycles. The van der Waals surface area contributed by atoms with Crippen molar-refractivity contribution in [3.63, 3.8) is 0 Å². The summed E-state index contributed by atoms with van der Waals surface area (Å²) in [6.45, 7) is 0. The molecule has 1 fully saturated rings. The third-order valence-corrected chi connectivity index (χ3v) is 1.93. The Morgan fingerprint density at radius 1 is 1.50 bits per heavy atom. The van der Waals surface area contributed by atoms with Crippen LogP contribution < -0.4 is 0 Å². The van der Waals surface area contributed by atoms with Crippen LogP contribution in [-0.2, 0) is 0 Å². The van der Waals surface area contributed by atoms with E-state index >= 15 is 0 Å². The fourth-order valence-electron chi connectivity index (χ4n) is 1.00. The van der Waals surface area contributed by atoms with Crippen LogP contribution in [0.2, 0.25) is 0 Å². The van der Waals surface area contributed by atoms with E-state index < -0.39 is 0 Å². The van der Waals surface area contributed by atoms with Gasteiger partial charge in [-0.2, -0.15) is 0 Å². The van der Waals surface area contributed by atoms with Gasteiger partial charge in [0.1, 0.15) is 0 Å². The number of halogens is 1. The first-order chi connectivity index (χ1) is 3.93. The van der Waals surface area contributed by atoms with Crippen molar-refractivity contribution in [3.8, 4) is 0 Å². The number of hydrogen-bond donors (Lipinski definition) is 0. The van der Waals surface area contributed by atoms with Crippen molar-refractivity contribution in [3.05, 3.63) is 12.8 Å². The lowest BCUT2D eigenvalue weighted by atomic mass is 9.91. The Balaban J connectivity index is 2.13. The third-order valence-electron chi connectivity index (χ3n) is 1.54. The molecular weight excluding hydrogens is 120 g/mol. The third kappa shape index (κ3) is 1.66. The maximum atomic E-state index is 5.63. The molecule has 1 unspecified atom stereocenters. The second-order valence-corrected chi connectivity index (χ2v) is 2.56. The van der Waals surface area contributed by atoms with Gasteiger partial charge >= 0.3 is 0 Å². The smallest absolute Gasteiger partial charge is 0.0254 e. The van der Waals surface area contributed by atoms with Gasteiger partial charge < -0.3 is 0 Å². The van der Waals surface area contributed by atoms with Gasteiger partial charge in [-0.15, -0.1) is 11.6 Å². The lowest BCUT2D eigenvalue weighted by Crippen LogP contribution is -2.08. The van der Waals surface area contributed by atoms with Crippen molar-refractivity contribution in [1.29, 1.82) is 0 Å². The van der Waals surface area contributed by atoms with E-state index in [0.717, 1.165) is 5.88 Å². The summed E-state index contributed by atoms with van der Waals surface area (Å²) >= 11 is 5.63. The first-order valence-corrected chi connectivity index (χ1v) is 3.68. The van der Waals surface area contributed by atoms with E-state index in [-0.39, 0.29) is 0 Å².